The van der Waals surface area contributed by atoms with Gasteiger partial charge in [-0.15, -0.1) is 0 Å². The number of nitrogens with zero attached hydrogens (tertiary/aromatic N) is 1. The van der Waals surface area contributed by atoms with Crippen LogP contribution in [0, 0.1) is 5.41 Å². The summed E-state index contributed by atoms with van der Waals surface area (Å²) in [5, 5.41) is 0. The molecule has 3 nitrogen and oxygen atoms in total. The summed E-state index contributed by atoms with van der Waals surface area (Å²) in [6, 6.07) is 14.4. The number of methoxy groups -OCH3 is 1. The van der Waals surface area contributed by atoms with Crippen molar-refractivity contribution in [2.24, 2.45) is 5.41 Å². The molecule has 2 atom stereocenters. The topological polar surface area (TPSA) is 29.5 Å². The number of fused-ring (bicyclic) bond motifs is 1. The van der Waals surface area contributed by atoms with E-state index in [1.165, 1.54) is 0 Å². The van der Waals surface area contributed by atoms with Crippen LogP contribution in [0.4, 0.5) is 11.4 Å². The fourth-order valence-corrected chi connectivity index (χ4v) is 6.11. The predicted octanol–water partition coefficient (Wildman–Crippen LogP) is 6.30. The van der Waals surface area contributed by atoms with Gasteiger partial charge in [0.15, 0.2) is 0 Å². The minimum absolute atomic E-state index is 0.0371. The summed E-state index contributed by atoms with van der Waals surface area (Å²) in [7, 11) is 0.589. The first-order chi connectivity index (χ1) is 13.0. The van der Waals surface area contributed by atoms with Gasteiger partial charge in [0.1, 0.15) is 5.75 Å². The van der Waals surface area contributed by atoms with Gasteiger partial charge in [-0.25, -0.2) is 0 Å². The monoisotopic (exact) mass is 449 g/mol. The maximum Gasteiger partial charge on any atom is 0.134 e. The number of ether oxygens (including phenoxy) is 1. The molecule has 1 aliphatic heterocycles. The molecule has 5 heteroatoms. The normalized spacial score (nSPS) is 22.2. The molecular formula is C22H28BrNO2S. The maximum absolute atomic E-state index is 13.4. The summed E-state index contributed by atoms with van der Waals surface area (Å²) in [5.41, 5.74) is 2.19. The van der Waals surface area contributed by atoms with E-state index in [2.05, 4.69) is 65.0 Å². The third-order valence-corrected chi connectivity index (χ3v) is 7.89. The number of benzene rings is 2. The minimum Gasteiger partial charge on any atom is -0.496 e. The van der Waals surface area contributed by atoms with Crippen molar-refractivity contribution in [3.8, 4) is 5.75 Å². The van der Waals surface area contributed by atoms with Gasteiger partial charge in [0.25, 0.3) is 0 Å². The van der Waals surface area contributed by atoms with E-state index < -0.39 is 10.8 Å². The lowest BCUT2D eigenvalue weighted by Gasteiger charge is -2.36. The van der Waals surface area contributed by atoms with Crippen LogP contribution >= 0.6 is 15.9 Å². The zero-order chi connectivity index (χ0) is 19.4. The highest BCUT2D eigenvalue weighted by Gasteiger charge is 2.38. The summed E-state index contributed by atoms with van der Waals surface area (Å²) in [6.45, 7) is 5.34. The lowest BCUT2D eigenvalue weighted by atomic mass is 9.81. The first-order valence-corrected chi connectivity index (χ1v) is 11.7. The van der Waals surface area contributed by atoms with Crippen LogP contribution in [0.1, 0.15) is 39.5 Å². The molecule has 0 amide bonds. The summed E-state index contributed by atoms with van der Waals surface area (Å²) in [4.78, 5) is 3.22. The van der Waals surface area contributed by atoms with Crippen molar-refractivity contribution in [1.82, 2.24) is 0 Å². The molecular weight excluding hydrogens is 422 g/mol. The minimum atomic E-state index is -1.06. The molecule has 0 saturated heterocycles. The van der Waals surface area contributed by atoms with Crippen molar-refractivity contribution in [2.45, 2.75) is 44.4 Å². The Morgan fingerprint density at radius 2 is 1.96 bits per heavy atom. The number of anilines is 2. The zero-order valence-corrected chi connectivity index (χ0v) is 18.7. The van der Waals surface area contributed by atoms with Crippen molar-refractivity contribution in [1.29, 1.82) is 0 Å². The number of rotatable bonds is 6. The van der Waals surface area contributed by atoms with Crippen LogP contribution in [-0.2, 0) is 10.8 Å². The van der Waals surface area contributed by atoms with Gasteiger partial charge in [-0.05, 0) is 58.5 Å². The van der Waals surface area contributed by atoms with Gasteiger partial charge in [-0.1, -0.05) is 44.9 Å². The summed E-state index contributed by atoms with van der Waals surface area (Å²) in [6.07, 6.45) is 4.44. The molecule has 0 saturated carbocycles. The fourth-order valence-electron chi connectivity index (χ4n) is 3.83. The van der Waals surface area contributed by atoms with Gasteiger partial charge in [0.05, 0.1) is 33.0 Å². The van der Waals surface area contributed by atoms with E-state index in [-0.39, 0.29) is 5.41 Å². The molecule has 2 aromatic carbocycles. The highest BCUT2D eigenvalue weighted by Crippen LogP contribution is 2.45. The SMILES string of the molecule is CCCCC1(CC)CN(c2ccccc2)c2cc(Br)c(OC)cc2S(=O)C1. The van der Waals surface area contributed by atoms with Crippen molar-refractivity contribution in [2.75, 3.05) is 24.3 Å². The first kappa shape index (κ1) is 20.4. The second kappa shape index (κ2) is 8.78. The highest BCUT2D eigenvalue weighted by molar-refractivity contribution is 9.10. The number of hydrogen-bond acceptors (Lipinski definition) is 3. The maximum atomic E-state index is 13.4. The summed E-state index contributed by atoms with van der Waals surface area (Å²) >= 11 is 3.62. The Morgan fingerprint density at radius 3 is 2.59 bits per heavy atom. The Labute approximate surface area is 173 Å². The smallest absolute Gasteiger partial charge is 0.134 e. The molecule has 2 aromatic rings. The van der Waals surface area contributed by atoms with Crippen LogP contribution < -0.4 is 9.64 Å². The van der Waals surface area contributed by atoms with Crippen molar-refractivity contribution in [3.05, 3.63) is 46.9 Å². The lowest BCUT2D eigenvalue weighted by Crippen LogP contribution is -2.37. The second-order valence-electron chi connectivity index (χ2n) is 7.32. The van der Waals surface area contributed by atoms with E-state index in [1.807, 2.05) is 12.1 Å². The standard InChI is InChI=1S/C22H28BrNO2S/c1-4-6-12-22(5-2)15-24(17-10-8-7-9-11-17)19-13-18(23)20(26-3)14-21(19)27(25)16-22/h7-11,13-14H,4-6,12,15-16H2,1-3H3. The van der Waals surface area contributed by atoms with Crippen LogP contribution in [0.15, 0.2) is 51.8 Å². The molecule has 0 N–H and O–H groups in total. The molecule has 0 spiro atoms. The summed E-state index contributed by atoms with van der Waals surface area (Å²) in [5.74, 6) is 1.43. The molecule has 146 valence electrons. The van der Waals surface area contributed by atoms with E-state index in [9.17, 15) is 4.21 Å². The molecule has 1 heterocycles. The highest BCUT2D eigenvalue weighted by atomic mass is 79.9. The molecule has 0 bridgehead atoms. The van der Waals surface area contributed by atoms with Gasteiger partial charge in [-0.2, -0.15) is 0 Å². The Balaban J connectivity index is 2.17. The molecule has 0 aliphatic carbocycles. The van der Waals surface area contributed by atoms with Crippen LogP contribution in [0.3, 0.4) is 0 Å². The van der Waals surface area contributed by atoms with E-state index >= 15 is 0 Å². The molecule has 0 radical (unpaired) electrons. The van der Waals surface area contributed by atoms with E-state index in [1.54, 1.807) is 7.11 Å². The van der Waals surface area contributed by atoms with Gasteiger partial charge in [0, 0.05) is 18.0 Å². The average molecular weight is 450 g/mol. The number of para-hydroxylation sites is 1. The number of halogens is 1. The third kappa shape index (κ3) is 4.24. The van der Waals surface area contributed by atoms with Crippen LogP contribution in [0.2, 0.25) is 0 Å². The predicted molar refractivity (Wildman–Crippen MR) is 118 cm³/mol. The van der Waals surface area contributed by atoms with Crippen molar-refractivity contribution < 1.29 is 8.95 Å². The van der Waals surface area contributed by atoms with Gasteiger partial charge >= 0.3 is 0 Å². The zero-order valence-electron chi connectivity index (χ0n) is 16.3. The quantitative estimate of drug-likeness (QED) is 0.517. The fraction of sp³-hybridized carbons (Fsp3) is 0.455. The van der Waals surface area contributed by atoms with E-state index in [0.717, 1.165) is 58.7 Å². The molecule has 0 aromatic heterocycles. The largest absolute Gasteiger partial charge is 0.496 e. The molecule has 1 aliphatic rings. The van der Waals surface area contributed by atoms with Crippen LogP contribution in [-0.4, -0.2) is 23.6 Å². The molecule has 0 fully saturated rings. The Hall–Kier alpha value is -1.33. The lowest BCUT2D eigenvalue weighted by molar-refractivity contribution is 0.293. The Kier molecular flexibility index (Phi) is 6.64. The van der Waals surface area contributed by atoms with Crippen LogP contribution in [0.5, 0.6) is 5.75 Å². The van der Waals surface area contributed by atoms with Crippen LogP contribution in [0.25, 0.3) is 0 Å². The van der Waals surface area contributed by atoms with Gasteiger partial charge in [-0.3, -0.25) is 4.21 Å². The first-order valence-electron chi connectivity index (χ1n) is 9.62. The van der Waals surface area contributed by atoms with Gasteiger partial charge in [0.2, 0.25) is 0 Å². The Bertz CT molecular complexity index is 811. The molecule has 2 unspecified atom stereocenters. The van der Waals surface area contributed by atoms with Crippen molar-refractivity contribution in [3.63, 3.8) is 0 Å². The second-order valence-corrected chi connectivity index (χ2v) is 9.60. The molecule has 3 rings (SSSR count). The Morgan fingerprint density at radius 1 is 1.22 bits per heavy atom. The number of hydrogen-bond donors (Lipinski definition) is 0. The summed E-state index contributed by atoms with van der Waals surface area (Å²) < 4.78 is 19.8. The van der Waals surface area contributed by atoms with Gasteiger partial charge < -0.3 is 9.64 Å². The van der Waals surface area contributed by atoms with E-state index in [0.29, 0.717) is 5.75 Å². The average Bonchev–Trinajstić information content (AvgIpc) is 2.81. The third-order valence-electron chi connectivity index (χ3n) is 5.58. The van der Waals surface area contributed by atoms with Crippen molar-refractivity contribution >= 4 is 38.1 Å². The molecule has 27 heavy (non-hydrogen) atoms. The number of unbranched alkanes of at least 4 members (excludes halogenated alkanes) is 1. The van der Waals surface area contributed by atoms with E-state index in [4.69, 9.17) is 4.74 Å².